The van der Waals surface area contributed by atoms with E-state index in [9.17, 15) is 14.4 Å². The van der Waals surface area contributed by atoms with E-state index < -0.39 is 11.0 Å². The zero-order valence-electron chi connectivity index (χ0n) is 18.0. The number of esters is 1. The lowest BCUT2D eigenvalue weighted by Gasteiger charge is -2.60. The summed E-state index contributed by atoms with van der Waals surface area (Å²) < 4.78 is 5.90. The molecule has 7 atom stereocenters. The molecule has 2 unspecified atom stereocenters. The van der Waals surface area contributed by atoms with Crippen LogP contribution in [0.3, 0.4) is 0 Å². The van der Waals surface area contributed by atoms with Crippen LogP contribution in [0.1, 0.15) is 79.6 Å². The van der Waals surface area contributed by atoms with Gasteiger partial charge in [-0.25, -0.2) is 0 Å². The number of fused-ring (bicyclic) bond motifs is 5. The molecule has 0 N–H and O–H groups in total. The first-order chi connectivity index (χ1) is 13.1. The van der Waals surface area contributed by atoms with Gasteiger partial charge in [0.05, 0.1) is 5.41 Å². The van der Waals surface area contributed by atoms with E-state index in [1.54, 1.807) is 0 Å². The first-order valence-corrected chi connectivity index (χ1v) is 11.0. The summed E-state index contributed by atoms with van der Waals surface area (Å²) in [6, 6.07) is 0. The Bertz CT molecular complexity index is 767. The summed E-state index contributed by atoms with van der Waals surface area (Å²) in [5.41, 5.74) is 1.09. The fraction of sp³-hybridized carbons (Fsp3) is 0.792. The van der Waals surface area contributed by atoms with Gasteiger partial charge in [0.2, 0.25) is 0 Å². The highest BCUT2D eigenvalue weighted by Gasteiger charge is 2.66. The third-order valence-corrected chi connectivity index (χ3v) is 9.42. The molecule has 0 aliphatic heterocycles. The maximum Gasteiger partial charge on any atom is 0.303 e. The number of Topliss-reactive ketones (excluding diaryl/α,β-unsaturated/α-hetero) is 1. The van der Waals surface area contributed by atoms with E-state index in [0.29, 0.717) is 30.6 Å². The fourth-order valence-corrected chi connectivity index (χ4v) is 8.06. The summed E-state index contributed by atoms with van der Waals surface area (Å²) in [4.78, 5) is 36.8. The lowest BCUT2D eigenvalue weighted by Crippen LogP contribution is -2.57. The van der Waals surface area contributed by atoms with Crippen LogP contribution in [-0.4, -0.2) is 23.6 Å². The van der Waals surface area contributed by atoms with Crippen molar-refractivity contribution < 1.29 is 19.1 Å². The zero-order valence-corrected chi connectivity index (χ0v) is 18.0. The number of allylic oxidation sites excluding steroid dienone is 1. The third-order valence-electron chi connectivity index (χ3n) is 9.42. The van der Waals surface area contributed by atoms with E-state index in [1.165, 1.54) is 13.2 Å². The quantitative estimate of drug-likeness (QED) is 0.512. The van der Waals surface area contributed by atoms with E-state index in [2.05, 4.69) is 20.8 Å². The van der Waals surface area contributed by atoms with Gasteiger partial charge in [0, 0.05) is 18.8 Å². The molecule has 4 rings (SSSR count). The molecule has 3 saturated carbocycles. The van der Waals surface area contributed by atoms with Crippen molar-refractivity contribution in [2.75, 3.05) is 0 Å². The minimum atomic E-state index is -0.456. The molecule has 154 valence electrons. The van der Waals surface area contributed by atoms with Gasteiger partial charge in [-0.2, -0.15) is 0 Å². The minimum Gasteiger partial charge on any atom is -0.459 e. The Kier molecular flexibility index (Phi) is 4.45. The summed E-state index contributed by atoms with van der Waals surface area (Å²) in [7, 11) is 0. The number of ketones is 1. The van der Waals surface area contributed by atoms with Crippen LogP contribution >= 0.6 is 0 Å². The molecule has 28 heavy (non-hydrogen) atoms. The minimum absolute atomic E-state index is 0.0373. The predicted molar refractivity (Wildman–Crippen MR) is 106 cm³/mol. The van der Waals surface area contributed by atoms with Gasteiger partial charge in [0.1, 0.15) is 11.9 Å². The number of ether oxygens (including phenoxy) is 1. The molecule has 4 aliphatic carbocycles. The van der Waals surface area contributed by atoms with Crippen molar-refractivity contribution in [2.45, 2.75) is 85.2 Å². The van der Waals surface area contributed by atoms with Crippen LogP contribution in [0, 0.1) is 34.5 Å². The van der Waals surface area contributed by atoms with Crippen LogP contribution in [0.5, 0.6) is 0 Å². The highest BCUT2D eigenvalue weighted by atomic mass is 16.6. The first kappa shape index (κ1) is 19.8. The molecule has 0 spiro atoms. The Morgan fingerprint density at radius 3 is 2.46 bits per heavy atom. The van der Waals surface area contributed by atoms with Crippen molar-refractivity contribution in [1.82, 2.24) is 0 Å². The van der Waals surface area contributed by atoms with E-state index in [-0.39, 0.29) is 23.1 Å². The summed E-state index contributed by atoms with van der Waals surface area (Å²) in [5, 5.41) is 0. The SMILES string of the molecule is CC(=O)OC1(C)CC[C@H]2[C@@H]3CC(C)C4=C(C)C(=O)CC[C@]4(C=O)[C@@H]3CC[C@@]21C. The average molecular weight is 387 g/mol. The average Bonchev–Trinajstić information content (AvgIpc) is 2.88. The van der Waals surface area contributed by atoms with Crippen molar-refractivity contribution in [1.29, 1.82) is 0 Å². The number of hydrogen-bond donors (Lipinski definition) is 0. The Hall–Kier alpha value is -1.45. The van der Waals surface area contributed by atoms with Gasteiger partial charge in [-0.3, -0.25) is 9.59 Å². The monoisotopic (exact) mass is 386 g/mol. The summed E-state index contributed by atoms with van der Waals surface area (Å²) in [5.74, 6) is 1.53. The van der Waals surface area contributed by atoms with E-state index in [1.807, 2.05) is 6.92 Å². The molecule has 0 saturated heterocycles. The topological polar surface area (TPSA) is 60.4 Å². The van der Waals surface area contributed by atoms with Crippen LogP contribution in [0.2, 0.25) is 0 Å². The smallest absolute Gasteiger partial charge is 0.303 e. The van der Waals surface area contributed by atoms with Crippen molar-refractivity contribution in [2.24, 2.45) is 34.5 Å². The van der Waals surface area contributed by atoms with Crippen molar-refractivity contribution in [3.63, 3.8) is 0 Å². The van der Waals surface area contributed by atoms with Crippen molar-refractivity contribution in [3.8, 4) is 0 Å². The molecule has 0 amide bonds. The molecular weight excluding hydrogens is 352 g/mol. The number of carbonyl (C=O) groups excluding carboxylic acids is 3. The van der Waals surface area contributed by atoms with Crippen LogP contribution in [0.4, 0.5) is 0 Å². The maximum atomic E-state index is 12.6. The Labute approximate surface area is 168 Å². The van der Waals surface area contributed by atoms with Crippen LogP contribution in [0.15, 0.2) is 11.1 Å². The van der Waals surface area contributed by atoms with Crippen LogP contribution in [-0.2, 0) is 19.1 Å². The standard InChI is InChI=1S/C24H34O4/c1-14-12-17-18-7-10-23(5,28-16(3)26)22(18,4)9-6-19(17)24(13-25)11-8-20(27)15(2)21(14)24/h13-14,17-19H,6-12H2,1-5H3/t14?,17-,18-,19+,22-,23?,24-/m0/s1. The second-order valence-electron chi connectivity index (χ2n) is 10.5. The maximum absolute atomic E-state index is 12.6. The Morgan fingerprint density at radius 2 is 1.82 bits per heavy atom. The lowest BCUT2D eigenvalue weighted by molar-refractivity contribution is -0.178. The fourth-order valence-electron chi connectivity index (χ4n) is 8.06. The normalized spacial score (nSPS) is 47.8. The summed E-state index contributed by atoms with van der Waals surface area (Å²) in [6.07, 6.45) is 7.33. The number of hydrogen-bond acceptors (Lipinski definition) is 4. The van der Waals surface area contributed by atoms with E-state index >= 15 is 0 Å². The molecule has 0 aromatic rings. The highest BCUT2D eigenvalue weighted by Crippen LogP contribution is 2.68. The number of rotatable bonds is 2. The summed E-state index contributed by atoms with van der Waals surface area (Å²) >= 11 is 0. The van der Waals surface area contributed by atoms with Gasteiger partial charge in [-0.1, -0.05) is 13.8 Å². The molecule has 3 fully saturated rings. The third kappa shape index (κ3) is 2.39. The molecule has 0 aromatic heterocycles. The molecular formula is C24H34O4. The van der Waals surface area contributed by atoms with Crippen molar-refractivity contribution in [3.05, 3.63) is 11.1 Å². The molecule has 0 heterocycles. The van der Waals surface area contributed by atoms with E-state index in [4.69, 9.17) is 4.74 Å². The molecule has 4 nitrogen and oxygen atoms in total. The number of aldehydes is 1. The van der Waals surface area contributed by atoms with Crippen LogP contribution in [0.25, 0.3) is 0 Å². The lowest BCUT2D eigenvalue weighted by atomic mass is 9.44. The van der Waals surface area contributed by atoms with Crippen LogP contribution < -0.4 is 0 Å². The molecule has 0 aromatic carbocycles. The first-order valence-electron chi connectivity index (χ1n) is 11.0. The van der Waals surface area contributed by atoms with Crippen molar-refractivity contribution >= 4 is 18.0 Å². The Balaban J connectivity index is 1.76. The van der Waals surface area contributed by atoms with Gasteiger partial charge in [0.15, 0.2) is 5.78 Å². The van der Waals surface area contributed by atoms with E-state index in [0.717, 1.165) is 43.3 Å². The molecule has 4 heteroatoms. The highest BCUT2D eigenvalue weighted by molar-refractivity contribution is 5.98. The second-order valence-corrected chi connectivity index (χ2v) is 10.5. The largest absolute Gasteiger partial charge is 0.459 e. The summed E-state index contributed by atoms with van der Waals surface area (Å²) in [6.45, 7) is 10.1. The molecule has 4 aliphatic rings. The second kappa shape index (κ2) is 6.27. The van der Waals surface area contributed by atoms with Gasteiger partial charge in [-0.15, -0.1) is 0 Å². The van der Waals surface area contributed by atoms with Gasteiger partial charge in [-0.05, 0) is 87.2 Å². The predicted octanol–water partition coefficient (Wildman–Crippen LogP) is 4.66. The number of carbonyl (C=O) groups is 3. The van der Waals surface area contributed by atoms with Gasteiger partial charge in [0.25, 0.3) is 0 Å². The Morgan fingerprint density at radius 1 is 1.14 bits per heavy atom. The molecule has 0 bridgehead atoms. The molecule has 0 radical (unpaired) electrons. The zero-order chi connectivity index (χ0) is 20.5. The van der Waals surface area contributed by atoms with Gasteiger partial charge < -0.3 is 9.53 Å². The van der Waals surface area contributed by atoms with Gasteiger partial charge >= 0.3 is 5.97 Å².